The molecule has 1 aliphatic rings. The zero-order valence-electron chi connectivity index (χ0n) is 21.9. The van der Waals surface area contributed by atoms with Crippen molar-refractivity contribution in [2.45, 2.75) is 56.1 Å². The number of halogens is 3. The number of amides is 2. The van der Waals surface area contributed by atoms with E-state index in [1.54, 1.807) is 25.1 Å². The number of anilines is 1. The van der Waals surface area contributed by atoms with Crippen molar-refractivity contribution in [3.63, 3.8) is 0 Å². The minimum atomic E-state index is -4.26. The van der Waals surface area contributed by atoms with E-state index < -0.39 is 34.3 Å². The molecule has 4 rings (SSSR count). The van der Waals surface area contributed by atoms with E-state index in [0.717, 1.165) is 46.1 Å². The molecule has 0 aromatic heterocycles. The number of benzene rings is 3. The van der Waals surface area contributed by atoms with Gasteiger partial charge in [0, 0.05) is 17.1 Å². The summed E-state index contributed by atoms with van der Waals surface area (Å²) in [6, 6.07) is 17.6. The van der Waals surface area contributed by atoms with Crippen molar-refractivity contribution in [1.82, 2.24) is 10.2 Å². The Labute approximate surface area is 247 Å². The summed E-state index contributed by atoms with van der Waals surface area (Å²) in [6.45, 7) is 1.08. The van der Waals surface area contributed by atoms with E-state index >= 15 is 0 Å². The van der Waals surface area contributed by atoms with Gasteiger partial charge in [0.25, 0.3) is 10.0 Å². The largest absolute Gasteiger partial charge is 0.352 e. The van der Waals surface area contributed by atoms with Gasteiger partial charge < -0.3 is 10.2 Å². The number of carbonyl (C=O) groups is 2. The molecule has 1 atom stereocenters. The molecule has 212 valence electrons. The standard InChI is InChI=1S/C29H30BrClFN3O4S/c1-20(29(37)33-23-7-5-6-8-23)34(18-21-11-13-22(30)14-12-21)28(36)19-35(24-15-16-27(32)26(31)17-24)40(38,39)25-9-3-2-4-10-25/h2-4,9-17,20,23H,5-8,18-19H2,1H3,(H,33,37)/t20-/m1/s1. The molecule has 40 heavy (non-hydrogen) atoms. The second kappa shape index (κ2) is 13.1. The topological polar surface area (TPSA) is 86.8 Å². The summed E-state index contributed by atoms with van der Waals surface area (Å²) in [4.78, 5) is 28.5. The Bertz CT molecular complexity index is 1450. The van der Waals surface area contributed by atoms with Gasteiger partial charge in [-0.2, -0.15) is 0 Å². The van der Waals surface area contributed by atoms with Gasteiger partial charge in [-0.3, -0.25) is 13.9 Å². The fourth-order valence-corrected chi connectivity index (χ4v) is 6.52. The van der Waals surface area contributed by atoms with Crippen LogP contribution in [-0.2, 0) is 26.2 Å². The summed E-state index contributed by atoms with van der Waals surface area (Å²) < 4.78 is 43.2. The maximum absolute atomic E-state index is 14.0. The molecule has 0 aliphatic heterocycles. The number of hydrogen-bond donors (Lipinski definition) is 1. The first-order valence-corrected chi connectivity index (χ1v) is 15.5. The fraction of sp³-hybridized carbons (Fsp3) is 0.310. The number of nitrogens with zero attached hydrogens (tertiary/aromatic N) is 2. The van der Waals surface area contributed by atoms with Gasteiger partial charge in [-0.1, -0.05) is 70.7 Å². The summed E-state index contributed by atoms with van der Waals surface area (Å²) in [5.74, 6) is -1.63. The van der Waals surface area contributed by atoms with E-state index in [4.69, 9.17) is 11.6 Å². The quantitative estimate of drug-likeness (QED) is 0.296. The average molecular weight is 651 g/mol. The van der Waals surface area contributed by atoms with E-state index in [-0.39, 0.29) is 34.1 Å². The molecule has 0 bridgehead atoms. The molecule has 1 N–H and O–H groups in total. The van der Waals surface area contributed by atoms with Crippen molar-refractivity contribution in [2.75, 3.05) is 10.8 Å². The highest BCUT2D eigenvalue weighted by molar-refractivity contribution is 9.10. The number of hydrogen-bond acceptors (Lipinski definition) is 4. The first kappa shape index (κ1) is 30.0. The van der Waals surface area contributed by atoms with Crippen LogP contribution < -0.4 is 9.62 Å². The van der Waals surface area contributed by atoms with Gasteiger partial charge in [-0.25, -0.2) is 12.8 Å². The number of nitrogens with one attached hydrogen (secondary N) is 1. The van der Waals surface area contributed by atoms with Crippen molar-refractivity contribution < 1.29 is 22.4 Å². The smallest absolute Gasteiger partial charge is 0.264 e. The highest BCUT2D eigenvalue weighted by atomic mass is 79.9. The van der Waals surface area contributed by atoms with Gasteiger partial charge in [-0.15, -0.1) is 0 Å². The van der Waals surface area contributed by atoms with Crippen LogP contribution in [0.2, 0.25) is 5.02 Å². The summed E-state index contributed by atoms with van der Waals surface area (Å²) >= 11 is 9.40. The lowest BCUT2D eigenvalue weighted by Gasteiger charge is -2.32. The van der Waals surface area contributed by atoms with Gasteiger partial charge in [0.05, 0.1) is 15.6 Å². The predicted molar refractivity (Wildman–Crippen MR) is 157 cm³/mol. The maximum atomic E-state index is 14.0. The number of sulfonamides is 1. The van der Waals surface area contributed by atoms with Crippen molar-refractivity contribution in [1.29, 1.82) is 0 Å². The van der Waals surface area contributed by atoms with Crippen LogP contribution in [0.4, 0.5) is 10.1 Å². The van der Waals surface area contributed by atoms with Crippen LogP contribution in [0.3, 0.4) is 0 Å². The molecule has 1 saturated carbocycles. The molecule has 1 aliphatic carbocycles. The van der Waals surface area contributed by atoms with Gasteiger partial charge in [0.15, 0.2) is 0 Å². The Hall–Kier alpha value is -2.95. The summed E-state index contributed by atoms with van der Waals surface area (Å²) in [6.07, 6.45) is 3.84. The van der Waals surface area contributed by atoms with Gasteiger partial charge in [0.1, 0.15) is 18.4 Å². The minimum Gasteiger partial charge on any atom is -0.352 e. The molecule has 0 saturated heterocycles. The van der Waals surface area contributed by atoms with Crippen molar-refractivity contribution in [2.24, 2.45) is 0 Å². The first-order chi connectivity index (χ1) is 19.1. The molecule has 0 heterocycles. The Morgan fingerprint density at radius 3 is 2.33 bits per heavy atom. The van der Waals surface area contributed by atoms with Crippen LogP contribution in [0, 0.1) is 5.82 Å². The summed E-state index contributed by atoms with van der Waals surface area (Å²) in [7, 11) is -4.26. The molecular weight excluding hydrogens is 621 g/mol. The van der Waals surface area contributed by atoms with Gasteiger partial charge in [-0.05, 0) is 67.8 Å². The van der Waals surface area contributed by atoms with E-state index in [2.05, 4.69) is 21.2 Å². The third-order valence-corrected chi connectivity index (χ3v) is 9.54. The molecule has 11 heteroatoms. The highest BCUT2D eigenvalue weighted by Crippen LogP contribution is 2.28. The lowest BCUT2D eigenvalue weighted by molar-refractivity contribution is -0.139. The second-order valence-corrected chi connectivity index (χ2v) is 12.9. The molecule has 0 spiro atoms. The van der Waals surface area contributed by atoms with Crippen molar-refractivity contribution in [3.05, 3.63) is 93.7 Å². The van der Waals surface area contributed by atoms with Crippen molar-refractivity contribution in [3.8, 4) is 0 Å². The Balaban J connectivity index is 1.69. The average Bonchev–Trinajstić information content (AvgIpc) is 3.46. The van der Waals surface area contributed by atoms with E-state index in [0.29, 0.717) is 0 Å². The number of rotatable bonds is 10. The van der Waals surface area contributed by atoms with Crippen LogP contribution in [-0.4, -0.2) is 43.8 Å². The maximum Gasteiger partial charge on any atom is 0.264 e. The number of carbonyl (C=O) groups excluding carboxylic acids is 2. The monoisotopic (exact) mass is 649 g/mol. The van der Waals surface area contributed by atoms with Crippen LogP contribution in [0.5, 0.6) is 0 Å². The Morgan fingerprint density at radius 1 is 1.05 bits per heavy atom. The first-order valence-electron chi connectivity index (χ1n) is 12.9. The van der Waals surface area contributed by atoms with Crippen molar-refractivity contribution >= 4 is 55.1 Å². The zero-order chi connectivity index (χ0) is 28.9. The third-order valence-electron chi connectivity index (χ3n) is 6.94. The van der Waals surface area contributed by atoms with Crippen LogP contribution in [0.15, 0.2) is 82.2 Å². The van der Waals surface area contributed by atoms with Gasteiger partial charge >= 0.3 is 0 Å². The second-order valence-electron chi connectivity index (χ2n) is 9.74. The zero-order valence-corrected chi connectivity index (χ0v) is 25.1. The molecular formula is C29H30BrClFN3O4S. The van der Waals surface area contributed by atoms with Crippen LogP contribution in [0.1, 0.15) is 38.2 Å². The summed E-state index contributed by atoms with van der Waals surface area (Å²) in [5.41, 5.74) is 0.787. The molecule has 0 unspecified atom stereocenters. The van der Waals surface area contributed by atoms with Crippen LogP contribution in [0.25, 0.3) is 0 Å². The lowest BCUT2D eigenvalue weighted by atomic mass is 10.1. The predicted octanol–water partition coefficient (Wildman–Crippen LogP) is 5.91. The molecule has 3 aromatic carbocycles. The van der Waals surface area contributed by atoms with E-state index in [1.807, 2.05) is 24.3 Å². The molecule has 7 nitrogen and oxygen atoms in total. The SMILES string of the molecule is C[C@H](C(=O)NC1CCCC1)N(Cc1ccc(Br)cc1)C(=O)CN(c1ccc(F)c(Cl)c1)S(=O)(=O)c1ccccc1. The Morgan fingerprint density at radius 2 is 1.70 bits per heavy atom. The fourth-order valence-electron chi connectivity index (χ4n) is 4.65. The molecule has 2 amide bonds. The molecule has 0 radical (unpaired) electrons. The highest BCUT2D eigenvalue weighted by Gasteiger charge is 2.33. The lowest BCUT2D eigenvalue weighted by Crippen LogP contribution is -2.52. The summed E-state index contributed by atoms with van der Waals surface area (Å²) in [5, 5.41) is 2.75. The third kappa shape index (κ3) is 7.21. The molecule has 3 aromatic rings. The minimum absolute atomic E-state index is 0.0234. The van der Waals surface area contributed by atoms with E-state index in [9.17, 15) is 22.4 Å². The van der Waals surface area contributed by atoms with Crippen LogP contribution >= 0.6 is 27.5 Å². The van der Waals surface area contributed by atoms with Gasteiger partial charge in [0.2, 0.25) is 11.8 Å². The normalized spacial score (nSPS) is 14.5. The molecule has 1 fully saturated rings. The van der Waals surface area contributed by atoms with E-state index in [1.165, 1.54) is 29.2 Å². The Kier molecular flexibility index (Phi) is 9.86.